The van der Waals surface area contributed by atoms with Crippen molar-refractivity contribution < 1.29 is 24.5 Å². The van der Waals surface area contributed by atoms with Gasteiger partial charge in [0.15, 0.2) is 6.10 Å². The molecule has 0 spiro atoms. The minimum absolute atomic E-state index is 0.129. The molecule has 0 amide bonds. The molecule has 0 radical (unpaired) electrons. The van der Waals surface area contributed by atoms with Crippen LogP contribution in [0.15, 0.2) is 0 Å². The highest BCUT2D eigenvalue weighted by molar-refractivity contribution is 6.45. The number of hydrogen-bond acceptors (Lipinski definition) is 5. The van der Waals surface area contributed by atoms with Gasteiger partial charge in [-0.2, -0.15) is 0 Å². The Labute approximate surface area is 108 Å². The third-order valence-electron chi connectivity index (χ3n) is 2.34. The summed E-state index contributed by atoms with van der Waals surface area (Å²) in [5.74, 6) is -2.08. The summed E-state index contributed by atoms with van der Waals surface area (Å²) in [4.78, 5) is 22.6. The Morgan fingerprint density at radius 2 is 1.89 bits per heavy atom. The number of ether oxygens (including phenoxy) is 1. The van der Waals surface area contributed by atoms with Gasteiger partial charge in [-0.1, -0.05) is 20.8 Å². The number of rotatable bonds is 8. The van der Waals surface area contributed by atoms with Gasteiger partial charge in [0.25, 0.3) is 0 Å². The SMILES string of the molecule is CB(O)NC[C@@H](C)C(=O)O[C@@H](CC(C)C)C(=O)O. The monoisotopic (exact) mass is 259 g/mol. The molecule has 18 heavy (non-hydrogen) atoms. The smallest absolute Gasteiger partial charge is 0.373 e. The van der Waals surface area contributed by atoms with Crippen molar-refractivity contribution in [3.05, 3.63) is 0 Å². The lowest BCUT2D eigenvalue weighted by Crippen LogP contribution is -2.38. The van der Waals surface area contributed by atoms with E-state index in [9.17, 15) is 9.59 Å². The molecule has 0 heterocycles. The Bertz CT molecular complexity index is 283. The molecular formula is C11H22BNO5. The van der Waals surface area contributed by atoms with Gasteiger partial charge < -0.3 is 20.1 Å². The number of esters is 1. The van der Waals surface area contributed by atoms with Crippen molar-refractivity contribution in [1.82, 2.24) is 5.23 Å². The molecule has 0 saturated carbocycles. The molecular weight excluding hydrogens is 237 g/mol. The molecule has 0 rings (SSSR count). The molecule has 0 bridgehead atoms. The van der Waals surface area contributed by atoms with Gasteiger partial charge in [-0.05, 0) is 25.7 Å². The second kappa shape index (κ2) is 8.10. The maximum absolute atomic E-state index is 11.6. The number of hydrogen-bond donors (Lipinski definition) is 3. The maximum Gasteiger partial charge on any atom is 0.373 e. The molecule has 0 aromatic carbocycles. The summed E-state index contributed by atoms with van der Waals surface area (Å²) in [5.41, 5.74) is 0. The highest BCUT2D eigenvalue weighted by Crippen LogP contribution is 2.11. The fraction of sp³-hybridized carbons (Fsp3) is 0.818. The molecule has 0 aliphatic rings. The molecule has 0 saturated heterocycles. The van der Waals surface area contributed by atoms with E-state index in [0.29, 0.717) is 0 Å². The fourth-order valence-corrected chi connectivity index (χ4v) is 1.31. The van der Waals surface area contributed by atoms with Crippen molar-refractivity contribution in [2.45, 2.75) is 40.1 Å². The van der Waals surface area contributed by atoms with Crippen LogP contribution in [0.5, 0.6) is 0 Å². The number of carboxylic acid groups (broad SMARTS) is 1. The predicted octanol–water partition coefficient (Wildman–Crippen LogP) is 0.365. The van der Waals surface area contributed by atoms with Crippen LogP contribution in [-0.2, 0) is 14.3 Å². The molecule has 0 aliphatic heterocycles. The van der Waals surface area contributed by atoms with Crippen LogP contribution < -0.4 is 5.23 Å². The van der Waals surface area contributed by atoms with Crippen molar-refractivity contribution in [2.24, 2.45) is 11.8 Å². The van der Waals surface area contributed by atoms with Crippen LogP contribution >= 0.6 is 0 Å². The number of aliphatic carboxylic acids is 1. The van der Waals surface area contributed by atoms with E-state index in [1.54, 1.807) is 6.92 Å². The minimum Gasteiger partial charge on any atom is -0.479 e. The number of carboxylic acids is 1. The third-order valence-corrected chi connectivity index (χ3v) is 2.34. The van der Waals surface area contributed by atoms with Crippen LogP contribution in [0.2, 0.25) is 6.82 Å². The van der Waals surface area contributed by atoms with Crippen molar-refractivity contribution in [1.29, 1.82) is 0 Å². The first kappa shape index (κ1) is 16.9. The zero-order valence-electron chi connectivity index (χ0n) is 11.3. The Kier molecular flexibility index (Phi) is 7.62. The summed E-state index contributed by atoms with van der Waals surface area (Å²) < 4.78 is 4.96. The molecule has 0 aliphatic carbocycles. The molecule has 0 unspecified atom stereocenters. The lowest BCUT2D eigenvalue weighted by atomic mass is 9.88. The van der Waals surface area contributed by atoms with E-state index >= 15 is 0 Å². The number of carbonyl (C=O) groups is 2. The normalized spacial score (nSPS) is 14.1. The largest absolute Gasteiger partial charge is 0.479 e. The standard InChI is InChI=1S/C11H22BNO5/c1-7(2)5-9(10(14)15)18-11(16)8(3)6-13-12(4)17/h7-9,13,17H,5-6H2,1-4H3,(H,14,15)/t8-,9+/m1/s1. The quantitative estimate of drug-likeness (QED) is 0.430. The molecule has 0 aromatic heterocycles. The first-order chi connectivity index (χ1) is 8.23. The van der Waals surface area contributed by atoms with Gasteiger partial charge in [0.1, 0.15) is 0 Å². The van der Waals surface area contributed by atoms with E-state index in [4.69, 9.17) is 14.9 Å². The maximum atomic E-state index is 11.6. The first-order valence-corrected chi connectivity index (χ1v) is 6.08. The summed E-state index contributed by atoms with van der Waals surface area (Å²) in [7, 11) is -0.716. The van der Waals surface area contributed by atoms with Crippen LogP contribution in [0.3, 0.4) is 0 Å². The van der Waals surface area contributed by atoms with Gasteiger partial charge in [-0.15, -0.1) is 0 Å². The highest BCUT2D eigenvalue weighted by Gasteiger charge is 2.26. The first-order valence-electron chi connectivity index (χ1n) is 6.08. The Morgan fingerprint density at radius 3 is 2.28 bits per heavy atom. The Morgan fingerprint density at radius 1 is 1.33 bits per heavy atom. The zero-order valence-corrected chi connectivity index (χ0v) is 11.3. The summed E-state index contributed by atoms with van der Waals surface area (Å²) in [6, 6.07) is 0. The molecule has 0 aromatic rings. The van der Waals surface area contributed by atoms with Crippen LogP contribution in [0, 0.1) is 11.8 Å². The summed E-state index contributed by atoms with van der Waals surface area (Å²) in [6.07, 6.45) is -0.816. The van der Waals surface area contributed by atoms with Gasteiger partial charge in [0.2, 0.25) is 0 Å². The lowest BCUT2D eigenvalue weighted by Gasteiger charge is -2.18. The third kappa shape index (κ3) is 7.29. The Balaban J connectivity index is 4.27. The summed E-state index contributed by atoms with van der Waals surface area (Å²) in [6.45, 7) is 7.12. The van der Waals surface area contributed by atoms with Crippen LogP contribution in [0.4, 0.5) is 0 Å². The summed E-state index contributed by atoms with van der Waals surface area (Å²) >= 11 is 0. The second-order valence-electron chi connectivity index (χ2n) is 4.88. The van der Waals surface area contributed by atoms with E-state index in [1.807, 2.05) is 13.8 Å². The summed E-state index contributed by atoms with van der Waals surface area (Å²) in [5, 5.41) is 20.6. The topological polar surface area (TPSA) is 95.9 Å². The zero-order chi connectivity index (χ0) is 14.3. The van der Waals surface area contributed by atoms with Crippen LogP contribution in [0.1, 0.15) is 27.2 Å². The van der Waals surface area contributed by atoms with Gasteiger partial charge in [-0.3, -0.25) is 4.79 Å². The van der Waals surface area contributed by atoms with Crippen LogP contribution in [-0.4, -0.2) is 41.8 Å². The van der Waals surface area contributed by atoms with E-state index in [-0.39, 0.29) is 18.9 Å². The number of nitrogens with one attached hydrogen (secondary N) is 1. The van der Waals surface area contributed by atoms with Gasteiger partial charge in [-0.25, -0.2) is 4.79 Å². The lowest BCUT2D eigenvalue weighted by molar-refractivity contribution is -0.167. The minimum atomic E-state index is -1.13. The van der Waals surface area contributed by atoms with Crippen molar-refractivity contribution in [3.63, 3.8) is 0 Å². The van der Waals surface area contributed by atoms with E-state index in [0.717, 1.165) is 0 Å². The van der Waals surface area contributed by atoms with Gasteiger partial charge in [0, 0.05) is 0 Å². The second-order valence-corrected chi connectivity index (χ2v) is 4.88. The molecule has 104 valence electrons. The van der Waals surface area contributed by atoms with Gasteiger partial charge in [0.05, 0.1) is 5.92 Å². The molecule has 0 fully saturated rings. The van der Waals surface area contributed by atoms with Crippen molar-refractivity contribution in [3.8, 4) is 0 Å². The van der Waals surface area contributed by atoms with E-state index in [2.05, 4.69) is 5.23 Å². The average molecular weight is 259 g/mol. The molecule has 2 atom stereocenters. The van der Waals surface area contributed by atoms with Crippen LogP contribution in [0.25, 0.3) is 0 Å². The molecule has 6 nitrogen and oxygen atoms in total. The average Bonchev–Trinajstić information content (AvgIpc) is 2.23. The molecule has 7 heteroatoms. The Hall–Kier alpha value is -1.08. The highest BCUT2D eigenvalue weighted by atomic mass is 16.6. The van der Waals surface area contributed by atoms with E-state index < -0.39 is 31.0 Å². The predicted molar refractivity (Wildman–Crippen MR) is 68.0 cm³/mol. The fourth-order valence-electron chi connectivity index (χ4n) is 1.31. The molecule has 3 N–H and O–H groups in total. The van der Waals surface area contributed by atoms with Crippen molar-refractivity contribution in [2.75, 3.05) is 6.54 Å². The number of carbonyl (C=O) groups excluding carboxylic acids is 1. The van der Waals surface area contributed by atoms with Gasteiger partial charge >= 0.3 is 19.0 Å². The van der Waals surface area contributed by atoms with E-state index in [1.165, 1.54) is 6.82 Å². The van der Waals surface area contributed by atoms with Crippen molar-refractivity contribution >= 4 is 19.0 Å².